The smallest absolute Gasteiger partial charge is 0.122 e. The van der Waals surface area contributed by atoms with Gasteiger partial charge in [-0.1, -0.05) is 15.9 Å². The molecule has 1 aliphatic heterocycles. The lowest BCUT2D eigenvalue weighted by atomic mass is 9.98. The Morgan fingerprint density at radius 1 is 1.31 bits per heavy atom. The van der Waals surface area contributed by atoms with Crippen molar-refractivity contribution in [3.05, 3.63) is 27.7 Å². The zero-order valence-electron chi connectivity index (χ0n) is 10.1. The predicted octanol–water partition coefficient (Wildman–Crippen LogP) is 3.22. The Morgan fingerprint density at radius 3 is 2.69 bits per heavy atom. The molecule has 0 aromatic heterocycles. The first kappa shape index (κ1) is 11.9. The summed E-state index contributed by atoms with van der Waals surface area (Å²) < 4.78 is 6.63. The first-order valence-corrected chi connectivity index (χ1v) is 6.51. The molecule has 3 heteroatoms. The Hall–Kier alpha value is -0.540. The molecular formula is C13H18BrNO. The zero-order chi connectivity index (χ0) is 11.7. The predicted molar refractivity (Wildman–Crippen MR) is 69.9 cm³/mol. The van der Waals surface area contributed by atoms with Crippen LogP contribution < -0.4 is 4.74 Å². The van der Waals surface area contributed by atoms with Crippen molar-refractivity contribution < 1.29 is 4.74 Å². The molecule has 0 aliphatic carbocycles. The van der Waals surface area contributed by atoms with Crippen molar-refractivity contribution in [1.29, 1.82) is 0 Å². The number of rotatable bonds is 2. The molecule has 1 aromatic rings. The van der Waals surface area contributed by atoms with Crippen LogP contribution in [0.5, 0.6) is 5.75 Å². The van der Waals surface area contributed by atoms with Crippen LogP contribution in [0.2, 0.25) is 0 Å². The monoisotopic (exact) mass is 283 g/mol. The van der Waals surface area contributed by atoms with Gasteiger partial charge in [-0.05, 0) is 38.0 Å². The first-order valence-electron chi connectivity index (χ1n) is 5.71. The van der Waals surface area contributed by atoms with Gasteiger partial charge in [-0.3, -0.25) is 4.90 Å². The van der Waals surface area contributed by atoms with E-state index in [1.54, 1.807) is 7.11 Å². The van der Waals surface area contributed by atoms with Gasteiger partial charge in [0.2, 0.25) is 0 Å². The fourth-order valence-electron chi connectivity index (χ4n) is 2.26. The maximum absolute atomic E-state index is 5.42. The van der Waals surface area contributed by atoms with E-state index < -0.39 is 0 Å². The van der Waals surface area contributed by atoms with Gasteiger partial charge in [-0.2, -0.15) is 0 Å². The maximum Gasteiger partial charge on any atom is 0.122 e. The van der Waals surface area contributed by atoms with Crippen LogP contribution in [0.3, 0.4) is 0 Å². The van der Waals surface area contributed by atoms with Crippen LogP contribution in [0.15, 0.2) is 16.6 Å². The molecule has 0 bridgehead atoms. The lowest BCUT2D eigenvalue weighted by Gasteiger charge is -2.33. The average Bonchev–Trinajstić information content (AvgIpc) is 2.29. The van der Waals surface area contributed by atoms with Crippen LogP contribution >= 0.6 is 15.9 Å². The molecule has 0 fully saturated rings. The molecular weight excluding hydrogens is 266 g/mol. The lowest BCUT2D eigenvalue weighted by molar-refractivity contribution is 0.201. The van der Waals surface area contributed by atoms with Gasteiger partial charge in [0.25, 0.3) is 0 Å². The van der Waals surface area contributed by atoms with Crippen molar-refractivity contribution in [3.63, 3.8) is 0 Å². The van der Waals surface area contributed by atoms with Crippen molar-refractivity contribution in [2.45, 2.75) is 32.9 Å². The molecule has 16 heavy (non-hydrogen) atoms. The number of fused-ring (bicyclic) bond motifs is 1. The average molecular weight is 284 g/mol. The van der Waals surface area contributed by atoms with Crippen molar-refractivity contribution in [2.24, 2.45) is 0 Å². The largest absolute Gasteiger partial charge is 0.496 e. The molecule has 0 radical (unpaired) electrons. The molecule has 1 aliphatic rings. The van der Waals surface area contributed by atoms with E-state index in [0.717, 1.165) is 25.3 Å². The topological polar surface area (TPSA) is 12.5 Å². The highest BCUT2D eigenvalue weighted by atomic mass is 79.9. The van der Waals surface area contributed by atoms with Gasteiger partial charge >= 0.3 is 0 Å². The van der Waals surface area contributed by atoms with Gasteiger partial charge in [0.1, 0.15) is 5.75 Å². The van der Waals surface area contributed by atoms with Gasteiger partial charge in [0, 0.05) is 29.2 Å². The fourth-order valence-corrected chi connectivity index (χ4v) is 2.75. The number of benzene rings is 1. The third-order valence-electron chi connectivity index (χ3n) is 3.29. The Balaban J connectivity index is 2.37. The molecule has 0 unspecified atom stereocenters. The van der Waals surface area contributed by atoms with E-state index in [9.17, 15) is 0 Å². The molecule has 88 valence electrons. The first-order chi connectivity index (χ1) is 7.63. The third kappa shape index (κ3) is 2.11. The van der Waals surface area contributed by atoms with E-state index in [1.807, 2.05) is 6.07 Å². The quantitative estimate of drug-likeness (QED) is 0.826. The molecule has 2 rings (SSSR count). The summed E-state index contributed by atoms with van der Waals surface area (Å²) in [5.41, 5.74) is 2.76. The number of hydrogen-bond donors (Lipinski definition) is 0. The molecule has 0 N–H and O–H groups in total. The molecule has 0 atom stereocenters. The summed E-state index contributed by atoms with van der Waals surface area (Å²) in [4.78, 5) is 2.49. The normalized spacial score (nSPS) is 16.3. The fraction of sp³-hybridized carbons (Fsp3) is 0.538. The van der Waals surface area contributed by atoms with Gasteiger partial charge < -0.3 is 4.74 Å². The Morgan fingerprint density at radius 2 is 2.06 bits per heavy atom. The zero-order valence-corrected chi connectivity index (χ0v) is 11.7. The van der Waals surface area contributed by atoms with E-state index >= 15 is 0 Å². The molecule has 2 nitrogen and oxygen atoms in total. The highest BCUT2D eigenvalue weighted by Crippen LogP contribution is 2.33. The van der Waals surface area contributed by atoms with Crippen LogP contribution in [-0.4, -0.2) is 24.6 Å². The van der Waals surface area contributed by atoms with Crippen molar-refractivity contribution >= 4 is 15.9 Å². The third-order valence-corrected chi connectivity index (χ3v) is 4.03. The number of nitrogens with zero attached hydrogens (tertiary/aromatic N) is 1. The van der Waals surface area contributed by atoms with Crippen molar-refractivity contribution in [3.8, 4) is 5.75 Å². The van der Waals surface area contributed by atoms with Crippen LogP contribution in [0.1, 0.15) is 25.0 Å². The minimum atomic E-state index is 0.603. The summed E-state index contributed by atoms with van der Waals surface area (Å²) in [5.74, 6) is 1.03. The Kier molecular flexibility index (Phi) is 3.55. The van der Waals surface area contributed by atoms with E-state index in [0.29, 0.717) is 6.04 Å². The summed E-state index contributed by atoms with van der Waals surface area (Å²) in [6.45, 7) is 6.64. The van der Waals surface area contributed by atoms with Gasteiger partial charge in [-0.25, -0.2) is 0 Å². The Labute approximate surface area is 106 Å². The van der Waals surface area contributed by atoms with Crippen LogP contribution in [0, 0.1) is 0 Å². The molecule has 0 saturated heterocycles. The second-order valence-corrected chi connectivity index (χ2v) is 5.38. The van der Waals surface area contributed by atoms with E-state index in [4.69, 9.17) is 4.74 Å². The van der Waals surface area contributed by atoms with Gasteiger partial charge in [0.05, 0.1) is 7.11 Å². The molecule has 0 amide bonds. The van der Waals surface area contributed by atoms with E-state index in [-0.39, 0.29) is 0 Å². The summed E-state index contributed by atoms with van der Waals surface area (Å²) in [6.07, 6.45) is 1.08. The number of methoxy groups -OCH3 is 1. The molecule has 1 heterocycles. The standard InChI is InChI=1S/C13H18BrNO/c1-9(2)15-7-6-10-11(8-15)12(14)4-5-13(10)16-3/h4-5,9H,6-8H2,1-3H3. The second kappa shape index (κ2) is 4.76. The number of hydrogen-bond acceptors (Lipinski definition) is 2. The van der Waals surface area contributed by atoms with E-state index in [2.05, 4.69) is 40.7 Å². The van der Waals surface area contributed by atoms with Gasteiger partial charge in [0.15, 0.2) is 0 Å². The summed E-state index contributed by atoms with van der Waals surface area (Å²) in [6, 6.07) is 4.74. The van der Waals surface area contributed by atoms with Crippen molar-refractivity contribution in [2.75, 3.05) is 13.7 Å². The minimum absolute atomic E-state index is 0.603. The highest BCUT2D eigenvalue weighted by Gasteiger charge is 2.22. The van der Waals surface area contributed by atoms with Crippen LogP contribution in [0.25, 0.3) is 0 Å². The molecule has 0 spiro atoms. The van der Waals surface area contributed by atoms with Gasteiger partial charge in [-0.15, -0.1) is 0 Å². The number of ether oxygens (including phenoxy) is 1. The summed E-state index contributed by atoms with van der Waals surface area (Å²) in [7, 11) is 1.75. The number of halogens is 1. The van der Waals surface area contributed by atoms with Crippen molar-refractivity contribution in [1.82, 2.24) is 4.90 Å². The van der Waals surface area contributed by atoms with Crippen LogP contribution in [0.4, 0.5) is 0 Å². The summed E-state index contributed by atoms with van der Waals surface area (Å²) in [5, 5.41) is 0. The highest BCUT2D eigenvalue weighted by molar-refractivity contribution is 9.10. The van der Waals surface area contributed by atoms with Crippen LogP contribution in [-0.2, 0) is 13.0 Å². The SMILES string of the molecule is COc1ccc(Br)c2c1CCN(C(C)C)C2. The Bertz CT molecular complexity index is 390. The minimum Gasteiger partial charge on any atom is -0.496 e. The molecule has 1 aromatic carbocycles. The maximum atomic E-state index is 5.42. The van der Waals surface area contributed by atoms with E-state index in [1.165, 1.54) is 15.6 Å². The summed E-state index contributed by atoms with van der Waals surface area (Å²) >= 11 is 3.64. The lowest BCUT2D eigenvalue weighted by Crippen LogP contribution is -2.36. The molecule has 0 saturated carbocycles. The second-order valence-electron chi connectivity index (χ2n) is 4.52.